The summed E-state index contributed by atoms with van der Waals surface area (Å²) < 4.78 is 3.73. The molecule has 0 N–H and O–H groups in total. The van der Waals surface area contributed by atoms with Crippen molar-refractivity contribution in [1.82, 2.24) is 4.57 Å². The standard InChI is InChI=1S/C35H25NS.C2H6/c1-3-4-12-28-23(2)37-34-20-17-26-21-33-31(22-30(26)35(28)34)29-13-8-9-14-32(29)36(33)27-18-15-25(16-19-27)24-10-6-5-7-11-24;1-2/h3-22H,1H2,2H3;1-2H3/b12-4-;. The van der Waals surface area contributed by atoms with E-state index in [1.54, 1.807) is 0 Å². The van der Waals surface area contributed by atoms with Crippen LogP contribution < -0.4 is 0 Å². The number of hydrogen-bond acceptors (Lipinski definition) is 1. The lowest BCUT2D eigenvalue weighted by molar-refractivity contribution is 1.18. The summed E-state index contributed by atoms with van der Waals surface area (Å²) in [7, 11) is 0. The summed E-state index contributed by atoms with van der Waals surface area (Å²) in [4.78, 5) is 1.33. The third-order valence-corrected chi connectivity index (χ3v) is 8.40. The van der Waals surface area contributed by atoms with E-state index in [4.69, 9.17) is 0 Å². The maximum atomic E-state index is 3.88. The highest BCUT2D eigenvalue weighted by Crippen LogP contribution is 2.41. The lowest BCUT2D eigenvalue weighted by Gasteiger charge is -2.10. The molecule has 5 aromatic carbocycles. The van der Waals surface area contributed by atoms with Crippen LogP contribution in [0.25, 0.3) is 65.6 Å². The minimum absolute atomic E-state index is 1.17. The van der Waals surface area contributed by atoms with Crippen molar-refractivity contribution in [3.05, 3.63) is 132 Å². The Kier molecular flexibility index (Phi) is 6.64. The van der Waals surface area contributed by atoms with E-state index < -0.39 is 0 Å². The number of aryl methyl sites for hydroxylation is 1. The molecule has 190 valence electrons. The van der Waals surface area contributed by atoms with Crippen molar-refractivity contribution in [3.8, 4) is 16.8 Å². The molecule has 0 aliphatic heterocycles. The van der Waals surface area contributed by atoms with Crippen molar-refractivity contribution in [2.45, 2.75) is 20.8 Å². The van der Waals surface area contributed by atoms with E-state index >= 15 is 0 Å². The molecule has 0 aliphatic rings. The van der Waals surface area contributed by atoms with Crippen molar-refractivity contribution in [3.63, 3.8) is 0 Å². The molecule has 0 fully saturated rings. The van der Waals surface area contributed by atoms with Crippen LogP contribution >= 0.6 is 11.3 Å². The summed E-state index contributed by atoms with van der Waals surface area (Å²) >= 11 is 1.86. The molecule has 0 unspecified atom stereocenters. The Morgan fingerprint density at radius 2 is 1.41 bits per heavy atom. The monoisotopic (exact) mass is 521 g/mol. The molecule has 0 spiro atoms. The SMILES string of the molecule is C=C/C=C\c1c(C)sc2ccc3cc4c(cc3c12)c1ccccc1n4-c1ccc(-c2ccccc2)cc1.CC. The number of para-hydroxylation sites is 1. The summed E-state index contributed by atoms with van der Waals surface area (Å²) in [6.07, 6.45) is 6.09. The fourth-order valence-corrected chi connectivity index (χ4v) is 6.67. The lowest BCUT2D eigenvalue weighted by atomic mass is 10.00. The molecule has 0 bridgehead atoms. The molecular weight excluding hydrogens is 490 g/mol. The second-order valence-electron chi connectivity index (χ2n) is 9.46. The summed E-state index contributed by atoms with van der Waals surface area (Å²) in [6.45, 7) is 10.1. The molecule has 0 aliphatic carbocycles. The zero-order valence-corrected chi connectivity index (χ0v) is 23.4. The van der Waals surface area contributed by atoms with E-state index in [0.717, 1.165) is 0 Å². The maximum Gasteiger partial charge on any atom is 0.0547 e. The topological polar surface area (TPSA) is 4.93 Å². The van der Waals surface area contributed by atoms with E-state index in [9.17, 15) is 0 Å². The van der Waals surface area contributed by atoms with Gasteiger partial charge in [-0.3, -0.25) is 0 Å². The van der Waals surface area contributed by atoms with Gasteiger partial charge in [0.2, 0.25) is 0 Å². The summed E-state index contributed by atoms with van der Waals surface area (Å²) in [5.41, 5.74) is 7.39. The average Bonchev–Trinajstić information content (AvgIpc) is 3.50. The Labute approximate surface area is 234 Å². The predicted molar refractivity (Wildman–Crippen MR) is 174 cm³/mol. The minimum atomic E-state index is 1.17. The normalized spacial score (nSPS) is 11.5. The molecule has 0 atom stereocenters. The third kappa shape index (κ3) is 4.18. The summed E-state index contributed by atoms with van der Waals surface area (Å²) in [6, 6.07) is 37.5. The highest BCUT2D eigenvalue weighted by molar-refractivity contribution is 7.19. The predicted octanol–water partition coefficient (Wildman–Crippen LogP) is 11.4. The Balaban J connectivity index is 0.00000135. The first-order valence-corrected chi connectivity index (χ1v) is 14.4. The van der Waals surface area contributed by atoms with Gasteiger partial charge in [0.05, 0.1) is 11.0 Å². The van der Waals surface area contributed by atoms with Crippen molar-refractivity contribution < 1.29 is 0 Å². The first-order chi connectivity index (χ1) is 19.2. The van der Waals surface area contributed by atoms with E-state index in [0.29, 0.717) is 0 Å². The lowest BCUT2D eigenvalue weighted by Crippen LogP contribution is -1.93. The molecule has 0 amide bonds. The van der Waals surface area contributed by atoms with Gasteiger partial charge in [-0.2, -0.15) is 0 Å². The van der Waals surface area contributed by atoms with Crippen molar-refractivity contribution in [1.29, 1.82) is 0 Å². The molecule has 2 aromatic heterocycles. The van der Waals surface area contributed by atoms with E-state index in [-0.39, 0.29) is 0 Å². The quantitative estimate of drug-likeness (QED) is 0.203. The number of aromatic nitrogens is 1. The van der Waals surface area contributed by atoms with E-state index in [1.807, 2.05) is 37.3 Å². The molecule has 7 aromatic rings. The molecule has 0 saturated heterocycles. The molecule has 0 saturated carbocycles. The largest absolute Gasteiger partial charge is 0.309 e. The first-order valence-electron chi connectivity index (χ1n) is 13.6. The molecule has 39 heavy (non-hydrogen) atoms. The van der Waals surface area contributed by atoms with Gasteiger partial charge in [0.15, 0.2) is 0 Å². The Hall–Kier alpha value is -4.40. The van der Waals surface area contributed by atoms with Crippen LogP contribution in [0.15, 0.2) is 122 Å². The number of rotatable bonds is 4. The second-order valence-corrected chi connectivity index (χ2v) is 10.7. The van der Waals surface area contributed by atoms with Crippen molar-refractivity contribution >= 4 is 60.1 Å². The third-order valence-electron chi connectivity index (χ3n) is 7.32. The van der Waals surface area contributed by atoms with Crippen LogP contribution in [-0.2, 0) is 0 Å². The average molecular weight is 522 g/mol. The van der Waals surface area contributed by atoms with E-state index in [1.165, 1.54) is 69.9 Å². The fourth-order valence-electron chi connectivity index (χ4n) is 5.60. The zero-order chi connectivity index (χ0) is 26.9. The number of thiophene rings is 1. The number of allylic oxidation sites excluding steroid dienone is 2. The first kappa shape index (κ1) is 24.9. The van der Waals surface area contributed by atoms with Crippen molar-refractivity contribution in [2.75, 3.05) is 0 Å². The molecule has 1 nitrogen and oxygen atoms in total. The molecule has 0 radical (unpaired) electrons. The summed E-state index contributed by atoms with van der Waals surface area (Å²) in [5, 5.41) is 6.46. The molecule has 2 heteroatoms. The van der Waals surface area contributed by atoms with Crippen molar-refractivity contribution in [2.24, 2.45) is 0 Å². The van der Waals surface area contributed by atoms with Gasteiger partial charge in [-0.05, 0) is 70.8 Å². The van der Waals surface area contributed by atoms with Gasteiger partial charge in [0.1, 0.15) is 0 Å². The highest BCUT2D eigenvalue weighted by Gasteiger charge is 2.16. The van der Waals surface area contributed by atoms with Crippen LogP contribution in [0.4, 0.5) is 0 Å². The smallest absolute Gasteiger partial charge is 0.0547 e. The van der Waals surface area contributed by atoms with E-state index in [2.05, 4.69) is 127 Å². The Morgan fingerprint density at radius 3 is 2.18 bits per heavy atom. The van der Waals surface area contributed by atoms with Gasteiger partial charge in [0, 0.05) is 31.4 Å². The Morgan fingerprint density at radius 1 is 0.692 bits per heavy atom. The molecule has 7 rings (SSSR count). The highest BCUT2D eigenvalue weighted by atomic mass is 32.1. The number of fused-ring (bicyclic) bond motifs is 6. The van der Waals surface area contributed by atoms with Gasteiger partial charge in [0.25, 0.3) is 0 Å². The summed E-state index contributed by atoms with van der Waals surface area (Å²) in [5.74, 6) is 0. The molecule has 2 heterocycles. The van der Waals surface area contributed by atoms with Crippen LogP contribution in [0, 0.1) is 6.92 Å². The van der Waals surface area contributed by atoms with Gasteiger partial charge in [-0.1, -0.05) is 105 Å². The van der Waals surface area contributed by atoms with Crippen LogP contribution in [0.5, 0.6) is 0 Å². The van der Waals surface area contributed by atoms with Gasteiger partial charge < -0.3 is 4.57 Å². The maximum absolute atomic E-state index is 3.88. The number of benzene rings is 5. The zero-order valence-electron chi connectivity index (χ0n) is 22.6. The fraction of sp³-hybridized carbons (Fsp3) is 0.0811. The van der Waals surface area contributed by atoms with Crippen LogP contribution in [0.2, 0.25) is 0 Å². The van der Waals surface area contributed by atoms with Crippen LogP contribution in [0.3, 0.4) is 0 Å². The van der Waals surface area contributed by atoms with Crippen LogP contribution in [-0.4, -0.2) is 4.57 Å². The van der Waals surface area contributed by atoms with Gasteiger partial charge >= 0.3 is 0 Å². The Bertz CT molecular complexity index is 1980. The molecular formula is C37H31NS. The number of nitrogens with zero attached hydrogens (tertiary/aromatic N) is 1. The van der Waals surface area contributed by atoms with Gasteiger partial charge in [-0.25, -0.2) is 0 Å². The van der Waals surface area contributed by atoms with Crippen LogP contribution in [0.1, 0.15) is 24.3 Å². The number of hydrogen-bond donors (Lipinski definition) is 0. The van der Waals surface area contributed by atoms with Gasteiger partial charge in [-0.15, -0.1) is 11.3 Å². The second kappa shape index (κ2) is 10.4. The minimum Gasteiger partial charge on any atom is -0.309 e.